The van der Waals surface area contributed by atoms with E-state index < -0.39 is 6.10 Å². The number of cyclic esters (lactones) is 2. The van der Waals surface area contributed by atoms with Crippen LogP contribution in [0, 0.1) is 17.8 Å². The number of esters is 2. The zero-order valence-electron chi connectivity index (χ0n) is 12.3. The highest BCUT2D eigenvalue weighted by Crippen LogP contribution is 2.33. The molecule has 0 N–H and O–H groups in total. The number of ether oxygens (including phenoxy) is 3. The molecule has 3 rings (SSSR count). The van der Waals surface area contributed by atoms with Crippen molar-refractivity contribution in [2.24, 2.45) is 17.8 Å². The highest BCUT2D eigenvalue weighted by atomic mass is 16.6. The molecule has 0 aromatic carbocycles. The SMILES string of the molecule is C[C@H]1C=C[C@H]2COC(=O)[C@@H]3CCCC[C@H]3COC(=O)[C@H]2O1. The molecule has 0 spiro atoms. The molecule has 21 heavy (non-hydrogen) atoms. The van der Waals surface area contributed by atoms with Crippen LogP contribution in [0.5, 0.6) is 0 Å². The average molecular weight is 294 g/mol. The van der Waals surface area contributed by atoms with E-state index in [0.29, 0.717) is 6.61 Å². The lowest BCUT2D eigenvalue weighted by Crippen LogP contribution is -2.44. The molecule has 0 radical (unpaired) electrons. The Bertz CT molecular complexity index is 444. The van der Waals surface area contributed by atoms with Gasteiger partial charge in [0, 0.05) is 11.8 Å². The molecule has 0 amide bonds. The fourth-order valence-electron chi connectivity index (χ4n) is 3.43. The summed E-state index contributed by atoms with van der Waals surface area (Å²) >= 11 is 0. The molecule has 2 fully saturated rings. The van der Waals surface area contributed by atoms with Crippen LogP contribution in [0.15, 0.2) is 12.2 Å². The molecule has 0 aromatic heterocycles. The van der Waals surface area contributed by atoms with Crippen LogP contribution in [-0.4, -0.2) is 37.4 Å². The molecular weight excluding hydrogens is 272 g/mol. The highest BCUT2D eigenvalue weighted by Gasteiger charge is 2.39. The number of carbonyl (C=O) groups excluding carboxylic acids is 2. The smallest absolute Gasteiger partial charge is 0.336 e. The molecule has 0 bridgehead atoms. The van der Waals surface area contributed by atoms with Gasteiger partial charge in [0.2, 0.25) is 0 Å². The Morgan fingerprint density at radius 3 is 2.62 bits per heavy atom. The lowest BCUT2D eigenvalue weighted by molar-refractivity contribution is -0.176. The van der Waals surface area contributed by atoms with Crippen LogP contribution in [0.2, 0.25) is 0 Å². The van der Waals surface area contributed by atoms with Crippen molar-refractivity contribution >= 4 is 11.9 Å². The lowest BCUT2D eigenvalue weighted by Gasteiger charge is -2.34. The van der Waals surface area contributed by atoms with Crippen molar-refractivity contribution in [1.82, 2.24) is 0 Å². The normalized spacial score (nSPS) is 40.5. The van der Waals surface area contributed by atoms with E-state index in [0.717, 1.165) is 25.7 Å². The summed E-state index contributed by atoms with van der Waals surface area (Å²) < 4.78 is 16.6. The minimum atomic E-state index is -0.669. The molecule has 116 valence electrons. The quantitative estimate of drug-likeness (QED) is 0.504. The fraction of sp³-hybridized carbons (Fsp3) is 0.750. The Kier molecular flexibility index (Phi) is 4.29. The van der Waals surface area contributed by atoms with Gasteiger partial charge in [-0.1, -0.05) is 25.0 Å². The third kappa shape index (κ3) is 3.12. The van der Waals surface area contributed by atoms with Crippen molar-refractivity contribution in [3.63, 3.8) is 0 Å². The largest absolute Gasteiger partial charge is 0.465 e. The van der Waals surface area contributed by atoms with Gasteiger partial charge < -0.3 is 14.2 Å². The van der Waals surface area contributed by atoms with Crippen molar-refractivity contribution < 1.29 is 23.8 Å². The summed E-state index contributed by atoms with van der Waals surface area (Å²) in [5, 5.41) is 0. The summed E-state index contributed by atoms with van der Waals surface area (Å²) in [5.74, 6) is -0.779. The van der Waals surface area contributed by atoms with Crippen molar-refractivity contribution in [2.75, 3.05) is 13.2 Å². The molecule has 0 aromatic rings. The zero-order chi connectivity index (χ0) is 14.8. The zero-order valence-corrected chi connectivity index (χ0v) is 12.3. The summed E-state index contributed by atoms with van der Waals surface area (Å²) in [7, 11) is 0. The molecule has 2 heterocycles. The van der Waals surface area contributed by atoms with E-state index in [1.165, 1.54) is 0 Å². The van der Waals surface area contributed by atoms with Crippen LogP contribution >= 0.6 is 0 Å². The Hall–Kier alpha value is -1.36. The van der Waals surface area contributed by atoms with Gasteiger partial charge in [-0.15, -0.1) is 0 Å². The fourth-order valence-corrected chi connectivity index (χ4v) is 3.43. The predicted molar refractivity (Wildman–Crippen MR) is 74.3 cm³/mol. The van der Waals surface area contributed by atoms with Crippen LogP contribution in [0.3, 0.4) is 0 Å². The third-order valence-corrected chi connectivity index (χ3v) is 4.68. The third-order valence-electron chi connectivity index (χ3n) is 4.68. The Labute approximate surface area is 124 Å². The van der Waals surface area contributed by atoms with Crippen LogP contribution in [-0.2, 0) is 23.8 Å². The second-order valence-corrected chi connectivity index (χ2v) is 6.22. The first kappa shape index (κ1) is 14.6. The molecule has 0 unspecified atom stereocenters. The van der Waals surface area contributed by atoms with Gasteiger partial charge in [0.25, 0.3) is 0 Å². The molecule has 1 aliphatic carbocycles. The van der Waals surface area contributed by atoms with Gasteiger partial charge in [0.05, 0.1) is 18.6 Å². The van der Waals surface area contributed by atoms with E-state index in [-0.39, 0.29) is 42.4 Å². The molecule has 1 saturated carbocycles. The number of rotatable bonds is 0. The number of carbonyl (C=O) groups is 2. The molecule has 5 heteroatoms. The van der Waals surface area contributed by atoms with Crippen LogP contribution in [0.4, 0.5) is 0 Å². The topological polar surface area (TPSA) is 61.8 Å². The summed E-state index contributed by atoms with van der Waals surface area (Å²) in [6, 6.07) is 0. The molecule has 2 aliphatic heterocycles. The second kappa shape index (κ2) is 6.18. The summed E-state index contributed by atoms with van der Waals surface area (Å²) in [4.78, 5) is 24.5. The predicted octanol–water partition coefficient (Wildman–Crippen LogP) is 1.85. The van der Waals surface area contributed by atoms with Gasteiger partial charge in [-0.3, -0.25) is 4.79 Å². The van der Waals surface area contributed by atoms with Gasteiger partial charge in [-0.05, 0) is 19.8 Å². The summed E-state index contributed by atoms with van der Waals surface area (Å²) in [6.07, 6.45) is 6.85. The van der Waals surface area contributed by atoms with Crippen LogP contribution in [0.25, 0.3) is 0 Å². The summed E-state index contributed by atoms with van der Waals surface area (Å²) in [5.41, 5.74) is 0. The van der Waals surface area contributed by atoms with Crippen LogP contribution in [0.1, 0.15) is 32.6 Å². The Morgan fingerprint density at radius 1 is 1.00 bits per heavy atom. The van der Waals surface area contributed by atoms with E-state index in [1.54, 1.807) is 0 Å². The van der Waals surface area contributed by atoms with E-state index in [1.807, 2.05) is 19.1 Å². The number of hydrogen-bond acceptors (Lipinski definition) is 5. The molecule has 5 nitrogen and oxygen atoms in total. The number of hydrogen-bond donors (Lipinski definition) is 0. The monoisotopic (exact) mass is 294 g/mol. The first-order valence-corrected chi connectivity index (χ1v) is 7.82. The second-order valence-electron chi connectivity index (χ2n) is 6.22. The average Bonchev–Trinajstić information content (AvgIpc) is 2.50. The van der Waals surface area contributed by atoms with Crippen LogP contribution < -0.4 is 0 Å². The number of fused-ring (bicyclic) bond motifs is 2. The van der Waals surface area contributed by atoms with Gasteiger partial charge in [0.1, 0.15) is 6.61 Å². The molecular formula is C16H22O5. The lowest BCUT2D eigenvalue weighted by atomic mass is 9.79. The first-order valence-electron chi connectivity index (χ1n) is 7.82. The Morgan fingerprint density at radius 2 is 1.76 bits per heavy atom. The van der Waals surface area contributed by atoms with Gasteiger partial charge in [-0.2, -0.15) is 0 Å². The van der Waals surface area contributed by atoms with Gasteiger partial charge in [0.15, 0.2) is 6.10 Å². The standard InChI is InChI=1S/C16H22O5/c1-10-6-7-12-9-19-15(17)13-5-3-2-4-11(13)8-20-16(18)14(12)21-10/h6-7,10-14H,2-5,8-9H2,1H3/t10-,11-,12-,13+,14-/m0/s1. The minimum Gasteiger partial charge on any atom is -0.465 e. The maximum atomic E-state index is 12.3. The Balaban J connectivity index is 1.77. The molecule has 5 atom stereocenters. The highest BCUT2D eigenvalue weighted by molar-refractivity contribution is 5.77. The van der Waals surface area contributed by atoms with Crippen molar-refractivity contribution in [3.8, 4) is 0 Å². The van der Waals surface area contributed by atoms with Crippen molar-refractivity contribution in [3.05, 3.63) is 12.2 Å². The van der Waals surface area contributed by atoms with E-state index in [9.17, 15) is 9.59 Å². The van der Waals surface area contributed by atoms with E-state index in [4.69, 9.17) is 14.2 Å². The van der Waals surface area contributed by atoms with E-state index >= 15 is 0 Å². The minimum absolute atomic E-state index is 0.0864. The van der Waals surface area contributed by atoms with Gasteiger partial charge in [-0.25, -0.2) is 4.79 Å². The molecule has 1 saturated heterocycles. The van der Waals surface area contributed by atoms with Gasteiger partial charge >= 0.3 is 11.9 Å². The summed E-state index contributed by atoms with van der Waals surface area (Å²) in [6.45, 7) is 2.36. The van der Waals surface area contributed by atoms with E-state index in [2.05, 4.69) is 0 Å². The maximum Gasteiger partial charge on any atom is 0.336 e. The van der Waals surface area contributed by atoms with Crippen molar-refractivity contribution in [1.29, 1.82) is 0 Å². The first-order chi connectivity index (χ1) is 10.1. The van der Waals surface area contributed by atoms with Crippen molar-refractivity contribution in [2.45, 2.75) is 44.8 Å². The maximum absolute atomic E-state index is 12.3. The molecule has 3 aliphatic rings.